The molecule has 2 rings (SSSR count). The maximum absolute atomic E-state index is 12.1. The molecule has 0 bridgehead atoms. The van der Waals surface area contributed by atoms with E-state index in [-0.39, 0.29) is 17.6 Å². The lowest BCUT2D eigenvalue weighted by Crippen LogP contribution is -2.50. The maximum atomic E-state index is 12.1. The molecule has 1 heterocycles. The van der Waals surface area contributed by atoms with Gasteiger partial charge in [-0.2, -0.15) is 0 Å². The summed E-state index contributed by atoms with van der Waals surface area (Å²) in [6.07, 6.45) is 1.54. The fourth-order valence-corrected chi connectivity index (χ4v) is 2.27. The van der Waals surface area contributed by atoms with Gasteiger partial charge in [0.05, 0.1) is 0 Å². The number of nitrogens with one attached hydrogen (secondary N) is 1. The molecule has 0 saturated carbocycles. The Morgan fingerprint density at radius 3 is 2.95 bits per heavy atom. The number of aromatic hydroxyl groups is 1. The molecular weight excluding hydrogens is 244 g/mol. The van der Waals surface area contributed by atoms with E-state index in [2.05, 4.69) is 5.32 Å². The highest BCUT2D eigenvalue weighted by Crippen LogP contribution is 2.20. The van der Waals surface area contributed by atoms with Crippen molar-refractivity contribution in [2.45, 2.75) is 25.8 Å². The standard InChI is InChI=1S/C14H18N2O3/c1-9-10(5-3-7-12(9)17)13(18)15-11-6-4-8-16(2)14(11)19/h3,5,7,11,17H,4,6,8H2,1-2H3,(H,15,18)/t11-/m0/s1. The molecule has 1 aliphatic rings. The number of phenols is 1. The Morgan fingerprint density at radius 1 is 1.47 bits per heavy atom. The summed E-state index contributed by atoms with van der Waals surface area (Å²) >= 11 is 0. The largest absolute Gasteiger partial charge is 0.508 e. The van der Waals surface area contributed by atoms with Crippen molar-refractivity contribution in [3.8, 4) is 5.75 Å². The molecule has 5 nitrogen and oxygen atoms in total. The van der Waals surface area contributed by atoms with E-state index >= 15 is 0 Å². The van der Waals surface area contributed by atoms with Gasteiger partial charge in [-0.15, -0.1) is 0 Å². The zero-order valence-electron chi connectivity index (χ0n) is 11.1. The minimum Gasteiger partial charge on any atom is -0.508 e. The van der Waals surface area contributed by atoms with Crippen LogP contribution in [0.2, 0.25) is 0 Å². The van der Waals surface area contributed by atoms with Crippen LogP contribution in [0.1, 0.15) is 28.8 Å². The van der Waals surface area contributed by atoms with Crippen molar-refractivity contribution in [1.29, 1.82) is 0 Å². The molecule has 0 radical (unpaired) electrons. The highest BCUT2D eigenvalue weighted by Gasteiger charge is 2.28. The molecule has 1 aliphatic heterocycles. The fraction of sp³-hybridized carbons (Fsp3) is 0.429. The summed E-state index contributed by atoms with van der Waals surface area (Å²) in [5, 5.41) is 12.3. The van der Waals surface area contributed by atoms with Crippen LogP contribution in [0.25, 0.3) is 0 Å². The first-order valence-electron chi connectivity index (χ1n) is 6.35. The average molecular weight is 262 g/mol. The van der Waals surface area contributed by atoms with E-state index in [1.807, 2.05) is 0 Å². The monoisotopic (exact) mass is 262 g/mol. The maximum Gasteiger partial charge on any atom is 0.252 e. The van der Waals surface area contributed by atoms with Crippen LogP contribution >= 0.6 is 0 Å². The second kappa shape index (κ2) is 5.30. The molecule has 1 atom stereocenters. The summed E-state index contributed by atoms with van der Waals surface area (Å²) in [6, 6.07) is 4.33. The van der Waals surface area contributed by atoms with E-state index in [1.54, 1.807) is 31.0 Å². The molecule has 1 aromatic rings. The van der Waals surface area contributed by atoms with E-state index in [0.717, 1.165) is 13.0 Å². The third-order valence-corrected chi connectivity index (χ3v) is 3.52. The summed E-state index contributed by atoms with van der Waals surface area (Å²) in [5.41, 5.74) is 0.928. The minimum absolute atomic E-state index is 0.0580. The van der Waals surface area contributed by atoms with E-state index in [9.17, 15) is 14.7 Å². The number of likely N-dealkylation sites (N-methyl/N-ethyl adjacent to an activating group) is 1. The Hall–Kier alpha value is -2.04. The predicted molar refractivity (Wildman–Crippen MR) is 71.0 cm³/mol. The molecule has 0 unspecified atom stereocenters. The SMILES string of the molecule is Cc1c(O)cccc1C(=O)N[C@H]1CCCN(C)C1=O. The van der Waals surface area contributed by atoms with Crippen molar-refractivity contribution in [2.24, 2.45) is 0 Å². The Balaban J connectivity index is 2.13. The molecule has 102 valence electrons. The highest BCUT2D eigenvalue weighted by molar-refractivity contribution is 5.99. The van der Waals surface area contributed by atoms with Crippen LogP contribution in [0, 0.1) is 6.92 Å². The zero-order valence-corrected chi connectivity index (χ0v) is 11.1. The molecule has 1 aromatic carbocycles. The summed E-state index contributed by atoms with van der Waals surface area (Å²) in [4.78, 5) is 25.7. The summed E-state index contributed by atoms with van der Waals surface area (Å²) in [6.45, 7) is 2.41. The molecule has 0 aliphatic carbocycles. The number of phenolic OH excluding ortho intramolecular Hbond substituents is 1. The van der Waals surface area contributed by atoms with E-state index in [0.29, 0.717) is 17.5 Å². The molecule has 1 fully saturated rings. The quantitative estimate of drug-likeness (QED) is 0.837. The van der Waals surface area contributed by atoms with Crippen LogP contribution in [0.15, 0.2) is 18.2 Å². The number of amides is 2. The van der Waals surface area contributed by atoms with Gasteiger partial charge in [0.1, 0.15) is 11.8 Å². The van der Waals surface area contributed by atoms with Gasteiger partial charge in [0.15, 0.2) is 0 Å². The third kappa shape index (κ3) is 2.70. The highest BCUT2D eigenvalue weighted by atomic mass is 16.3. The first-order valence-corrected chi connectivity index (χ1v) is 6.35. The summed E-state index contributed by atoms with van der Waals surface area (Å²) in [5.74, 6) is -0.292. The smallest absolute Gasteiger partial charge is 0.252 e. The second-order valence-corrected chi connectivity index (χ2v) is 4.88. The molecule has 2 amide bonds. The number of nitrogens with zero attached hydrogens (tertiary/aromatic N) is 1. The first kappa shape index (κ1) is 13.4. The van der Waals surface area contributed by atoms with Crippen molar-refractivity contribution in [2.75, 3.05) is 13.6 Å². The van der Waals surface area contributed by atoms with Crippen molar-refractivity contribution in [3.63, 3.8) is 0 Å². The number of carbonyl (C=O) groups is 2. The van der Waals surface area contributed by atoms with Gasteiger partial charge in [-0.25, -0.2) is 0 Å². The number of likely N-dealkylation sites (tertiary alicyclic amines) is 1. The first-order chi connectivity index (χ1) is 9.00. The second-order valence-electron chi connectivity index (χ2n) is 4.88. The molecule has 1 saturated heterocycles. The van der Waals surface area contributed by atoms with Crippen LogP contribution in [0.3, 0.4) is 0 Å². The molecular formula is C14H18N2O3. The Kier molecular flexibility index (Phi) is 3.74. The van der Waals surface area contributed by atoms with E-state index < -0.39 is 6.04 Å². The van der Waals surface area contributed by atoms with Crippen molar-refractivity contribution < 1.29 is 14.7 Å². The van der Waals surface area contributed by atoms with Crippen LogP contribution in [-0.4, -0.2) is 41.5 Å². The van der Waals surface area contributed by atoms with Gasteiger partial charge >= 0.3 is 0 Å². The minimum atomic E-state index is -0.465. The van der Waals surface area contributed by atoms with Crippen LogP contribution in [0.5, 0.6) is 5.75 Å². The predicted octanol–water partition coefficient (Wildman–Crippen LogP) is 1.05. The Bertz CT molecular complexity index is 513. The fourth-order valence-electron chi connectivity index (χ4n) is 2.27. The zero-order chi connectivity index (χ0) is 14.0. The molecule has 0 aromatic heterocycles. The van der Waals surface area contributed by atoms with Gasteiger partial charge in [0, 0.05) is 24.7 Å². The average Bonchev–Trinajstić information content (AvgIpc) is 2.38. The lowest BCUT2D eigenvalue weighted by atomic mass is 10.0. The van der Waals surface area contributed by atoms with Gasteiger partial charge < -0.3 is 15.3 Å². The number of hydrogen-bond acceptors (Lipinski definition) is 3. The van der Waals surface area contributed by atoms with Gasteiger partial charge in [0.2, 0.25) is 5.91 Å². The van der Waals surface area contributed by atoms with Gasteiger partial charge in [-0.3, -0.25) is 9.59 Å². The topological polar surface area (TPSA) is 69.6 Å². The molecule has 5 heteroatoms. The Labute approximate surface area is 112 Å². The third-order valence-electron chi connectivity index (χ3n) is 3.52. The van der Waals surface area contributed by atoms with Gasteiger partial charge in [0.25, 0.3) is 5.91 Å². The number of hydrogen-bond donors (Lipinski definition) is 2. The number of piperidine rings is 1. The summed E-state index contributed by atoms with van der Waals surface area (Å²) in [7, 11) is 1.74. The van der Waals surface area contributed by atoms with Gasteiger partial charge in [-0.05, 0) is 31.9 Å². The lowest BCUT2D eigenvalue weighted by molar-refractivity contribution is -0.134. The van der Waals surface area contributed by atoms with Crippen LogP contribution in [-0.2, 0) is 4.79 Å². The van der Waals surface area contributed by atoms with Gasteiger partial charge in [-0.1, -0.05) is 6.07 Å². The lowest BCUT2D eigenvalue weighted by Gasteiger charge is -2.29. The van der Waals surface area contributed by atoms with Crippen LogP contribution in [0.4, 0.5) is 0 Å². The normalized spacial score (nSPS) is 19.4. The van der Waals surface area contributed by atoms with Crippen molar-refractivity contribution >= 4 is 11.8 Å². The summed E-state index contributed by atoms with van der Waals surface area (Å²) < 4.78 is 0. The number of rotatable bonds is 2. The molecule has 2 N–H and O–H groups in total. The van der Waals surface area contributed by atoms with Crippen LogP contribution < -0.4 is 5.32 Å². The number of benzene rings is 1. The molecule has 19 heavy (non-hydrogen) atoms. The Morgan fingerprint density at radius 2 is 2.21 bits per heavy atom. The van der Waals surface area contributed by atoms with E-state index in [1.165, 1.54) is 6.07 Å². The van der Waals surface area contributed by atoms with Crippen molar-refractivity contribution in [1.82, 2.24) is 10.2 Å². The number of carbonyl (C=O) groups excluding carboxylic acids is 2. The molecule has 0 spiro atoms. The van der Waals surface area contributed by atoms with Crippen molar-refractivity contribution in [3.05, 3.63) is 29.3 Å². The van der Waals surface area contributed by atoms with E-state index in [4.69, 9.17) is 0 Å².